The first kappa shape index (κ1) is 12.4. The van der Waals surface area contributed by atoms with E-state index in [4.69, 9.17) is 5.73 Å². The molecular weight excluding hydrogens is 210 g/mol. The molecule has 0 amide bonds. The van der Waals surface area contributed by atoms with Crippen molar-refractivity contribution in [1.82, 2.24) is 4.98 Å². The molecule has 0 bridgehead atoms. The fourth-order valence-corrected chi connectivity index (χ4v) is 2.71. The number of rotatable bonds is 4. The van der Waals surface area contributed by atoms with Crippen molar-refractivity contribution in [3.05, 3.63) is 24.5 Å². The normalized spacial score (nSPS) is 24.6. The fourth-order valence-electron chi connectivity index (χ4n) is 2.71. The van der Waals surface area contributed by atoms with Crippen molar-refractivity contribution in [2.24, 2.45) is 5.73 Å². The Kier molecular flexibility index (Phi) is 4.37. The third kappa shape index (κ3) is 3.19. The molecule has 94 valence electrons. The Morgan fingerprint density at radius 1 is 1.24 bits per heavy atom. The molecule has 1 aromatic rings. The molecule has 1 aliphatic carbocycles. The number of hydrogen-bond acceptors (Lipinski definition) is 3. The number of nitrogens with two attached hydrogens (primary N) is 1. The van der Waals surface area contributed by atoms with Crippen LogP contribution in [0.4, 0.5) is 5.69 Å². The van der Waals surface area contributed by atoms with E-state index < -0.39 is 0 Å². The van der Waals surface area contributed by atoms with E-state index >= 15 is 0 Å². The van der Waals surface area contributed by atoms with Gasteiger partial charge in [-0.05, 0) is 44.2 Å². The van der Waals surface area contributed by atoms with E-state index in [9.17, 15) is 0 Å². The number of aromatic nitrogens is 1. The smallest absolute Gasteiger partial charge is 0.0399 e. The summed E-state index contributed by atoms with van der Waals surface area (Å²) in [4.78, 5) is 6.63. The highest BCUT2D eigenvalue weighted by molar-refractivity contribution is 5.45. The molecule has 3 heteroatoms. The zero-order valence-electron chi connectivity index (χ0n) is 10.7. The highest BCUT2D eigenvalue weighted by atomic mass is 15.2. The van der Waals surface area contributed by atoms with E-state index in [0.29, 0.717) is 12.1 Å². The Morgan fingerprint density at radius 2 is 1.88 bits per heavy atom. The van der Waals surface area contributed by atoms with Crippen molar-refractivity contribution in [2.45, 2.75) is 51.1 Å². The van der Waals surface area contributed by atoms with Crippen LogP contribution in [0.15, 0.2) is 24.5 Å². The van der Waals surface area contributed by atoms with Crippen molar-refractivity contribution in [3.63, 3.8) is 0 Å². The maximum absolute atomic E-state index is 5.98. The van der Waals surface area contributed by atoms with Gasteiger partial charge in [-0.2, -0.15) is 0 Å². The van der Waals surface area contributed by atoms with E-state index in [1.807, 2.05) is 12.4 Å². The average Bonchev–Trinajstić information content (AvgIpc) is 2.38. The topological polar surface area (TPSA) is 42.2 Å². The lowest BCUT2D eigenvalue weighted by molar-refractivity contribution is 0.375. The van der Waals surface area contributed by atoms with Crippen LogP contribution in [0, 0.1) is 0 Å². The SMILES string of the molecule is CCCN(c1ccncc1)C1CCC(N)CC1. The van der Waals surface area contributed by atoms with Crippen molar-refractivity contribution in [2.75, 3.05) is 11.4 Å². The summed E-state index contributed by atoms with van der Waals surface area (Å²) >= 11 is 0. The summed E-state index contributed by atoms with van der Waals surface area (Å²) in [6, 6.07) is 5.32. The molecule has 0 radical (unpaired) electrons. The maximum Gasteiger partial charge on any atom is 0.0399 e. The third-order valence-corrected chi connectivity index (χ3v) is 3.64. The summed E-state index contributed by atoms with van der Waals surface area (Å²) in [5.74, 6) is 0. The maximum atomic E-state index is 5.98. The van der Waals surface area contributed by atoms with Crippen LogP contribution in [0.25, 0.3) is 0 Å². The minimum absolute atomic E-state index is 0.423. The third-order valence-electron chi connectivity index (χ3n) is 3.64. The molecule has 3 nitrogen and oxygen atoms in total. The first-order chi connectivity index (χ1) is 8.31. The molecule has 2 N–H and O–H groups in total. The summed E-state index contributed by atoms with van der Waals surface area (Å²) in [6.07, 6.45) is 9.73. The van der Waals surface area contributed by atoms with Gasteiger partial charge in [-0.25, -0.2) is 0 Å². The Bertz CT molecular complexity index is 317. The van der Waals surface area contributed by atoms with E-state index in [0.717, 1.165) is 19.4 Å². The summed E-state index contributed by atoms with van der Waals surface area (Å²) in [6.45, 7) is 3.37. The second-order valence-electron chi connectivity index (χ2n) is 4.97. The standard InChI is InChI=1S/C14H23N3/c1-2-11-17(14-7-9-16-10-8-14)13-5-3-12(15)4-6-13/h7-10,12-13H,2-6,11,15H2,1H3. The molecule has 0 unspecified atom stereocenters. The minimum Gasteiger partial charge on any atom is -0.368 e. The number of anilines is 1. The van der Waals surface area contributed by atoms with Gasteiger partial charge in [0.15, 0.2) is 0 Å². The van der Waals surface area contributed by atoms with Crippen LogP contribution in [-0.2, 0) is 0 Å². The first-order valence-electron chi connectivity index (χ1n) is 6.73. The Hall–Kier alpha value is -1.09. The minimum atomic E-state index is 0.423. The molecule has 0 saturated heterocycles. The van der Waals surface area contributed by atoms with Crippen LogP contribution in [0.5, 0.6) is 0 Å². The van der Waals surface area contributed by atoms with E-state index in [1.165, 1.54) is 24.9 Å². The van der Waals surface area contributed by atoms with Crippen LogP contribution in [-0.4, -0.2) is 23.6 Å². The second kappa shape index (κ2) is 6.01. The Balaban J connectivity index is 2.07. The molecule has 1 fully saturated rings. The summed E-state index contributed by atoms with van der Waals surface area (Å²) < 4.78 is 0. The van der Waals surface area contributed by atoms with Gasteiger partial charge in [-0.15, -0.1) is 0 Å². The Labute approximate surface area is 104 Å². The number of nitrogens with zero attached hydrogens (tertiary/aromatic N) is 2. The van der Waals surface area contributed by atoms with Crippen LogP contribution >= 0.6 is 0 Å². The van der Waals surface area contributed by atoms with Crippen molar-refractivity contribution >= 4 is 5.69 Å². The molecule has 0 atom stereocenters. The number of pyridine rings is 1. The van der Waals surface area contributed by atoms with Gasteiger partial charge >= 0.3 is 0 Å². The van der Waals surface area contributed by atoms with Gasteiger partial charge in [0, 0.05) is 36.7 Å². The van der Waals surface area contributed by atoms with Crippen molar-refractivity contribution in [1.29, 1.82) is 0 Å². The average molecular weight is 233 g/mol. The zero-order chi connectivity index (χ0) is 12.1. The van der Waals surface area contributed by atoms with E-state index in [-0.39, 0.29) is 0 Å². The van der Waals surface area contributed by atoms with Crippen LogP contribution in [0.3, 0.4) is 0 Å². The lowest BCUT2D eigenvalue weighted by Crippen LogP contribution is -2.41. The van der Waals surface area contributed by atoms with Gasteiger partial charge < -0.3 is 10.6 Å². The van der Waals surface area contributed by atoms with Gasteiger partial charge in [0.05, 0.1) is 0 Å². The molecule has 1 saturated carbocycles. The quantitative estimate of drug-likeness (QED) is 0.869. The highest BCUT2D eigenvalue weighted by Gasteiger charge is 2.23. The second-order valence-corrected chi connectivity index (χ2v) is 4.97. The van der Waals surface area contributed by atoms with Gasteiger partial charge in [-0.1, -0.05) is 6.92 Å². The molecule has 17 heavy (non-hydrogen) atoms. The van der Waals surface area contributed by atoms with Crippen LogP contribution in [0.1, 0.15) is 39.0 Å². The molecule has 0 aliphatic heterocycles. The first-order valence-corrected chi connectivity index (χ1v) is 6.73. The molecular formula is C14H23N3. The summed E-state index contributed by atoms with van der Waals surface area (Å²) in [7, 11) is 0. The molecule has 0 spiro atoms. The predicted molar refractivity (Wildman–Crippen MR) is 72.1 cm³/mol. The van der Waals surface area contributed by atoms with Crippen LogP contribution in [0.2, 0.25) is 0 Å². The van der Waals surface area contributed by atoms with Gasteiger partial charge in [-0.3, -0.25) is 4.98 Å². The van der Waals surface area contributed by atoms with E-state index in [2.05, 4.69) is 28.9 Å². The lowest BCUT2D eigenvalue weighted by atomic mass is 9.90. The molecule has 1 aliphatic rings. The lowest BCUT2D eigenvalue weighted by Gasteiger charge is -2.37. The zero-order valence-corrected chi connectivity index (χ0v) is 10.7. The molecule has 1 heterocycles. The molecule has 0 aromatic carbocycles. The van der Waals surface area contributed by atoms with E-state index in [1.54, 1.807) is 0 Å². The van der Waals surface area contributed by atoms with Crippen LogP contribution < -0.4 is 10.6 Å². The molecule has 2 rings (SSSR count). The molecule has 1 aromatic heterocycles. The number of hydrogen-bond donors (Lipinski definition) is 1. The van der Waals surface area contributed by atoms with Gasteiger partial charge in [0.2, 0.25) is 0 Å². The Morgan fingerprint density at radius 3 is 2.47 bits per heavy atom. The fraction of sp³-hybridized carbons (Fsp3) is 0.643. The predicted octanol–water partition coefficient (Wildman–Crippen LogP) is 2.57. The highest BCUT2D eigenvalue weighted by Crippen LogP contribution is 2.26. The van der Waals surface area contributed by atoms with Gasteiger partial charge in [0.1, 0.15) is 0 Å². The summed E-state index contributed by atoms with van der Waals surface area (Å²) in [5.41, 5.74) is 7.29. The van der Waals surface area contributed by atoms with Crippen molar-refractivity contribution in [3.8, 4) is 0 Å². The monoisotopic (exact) mass is 233 g/mol. The summed E-state index contributed by atoms with van der Waals surface area (Å²) in [5, 5.41) is 0. The largest absolute Gasteiger partial charge is 0.368 e. The van der Waals surface area contributed by atoms with Crippen molar-refractivity contribution < 1.29 is 0 Å². The van der Waals surface area contributed by atoms with Gasteiger partial charge in [0.25, 0.3) is 0 Å².